The minimum atomic E-state index is 0.0133. The monoisotopic (exact) mass is 276 g/mol. The number of anilines is 1. The molecule has 0 aromatic heterocycles. The van der Waals surface area contributed by atoms with Crippen LogP contribution in [0.3, 0.4) is 0 Å². The van der Waals surface area contributed by atoms with Gasteiger partial charge in [-0.15, -0.1) is 0 Å². The van der Waals surface area contributed by atoms with Crippen LogP contribution in [0, 0.1) is 12.3 Å². The number of benzene rings is 1. The van der Waals surface area contributed by atoms with Crippen LogP contribution in [0.15, 0.2) is 18.2 Å². The minimum Gasteiger partial charge on any atom is -0.385 e. The Bertz CT molecular complexity index is 447. The lowest BCUT2D eigenvalue weighted by Crippen LogP contribution is -2.27. The molecule has 112 valence electrons. The molecule has 1 amide bonds. The van der Waals surface area contributed by atoms with Gasteiger partial charge in [-0.05, 0) is 48.9 Å². The number of nitrogens with one attached hydrogen (secondary N) is 2. The molecule has 0 saturated carbocycles. The van der Waals surface area contributed by atoms with Gasteiger partial charge in [0.25, 0.3) is 5.91 Å². The Morgan fingerprint density at radius 1 is 1.20 bits per heavy atom. The van der Waals surface area contributed by atoms with Crippen molar-refractivity contribution >= 4 is 11.6 Å². The highest BCUT2D eigenvalue weighted by Gasteiger charge is 2.12. The molecular weight excluding hydrogens is 248 g/mol. The van der Waals surface area contributed by atoms with Gasteiger partial charge >= 0.3 is 0 Å². The van der Waals surface area contributed by atoms with E-state index in [0.29, 0.717) is 0 Å². The van der Waals surface area contributed by atoms with Crippen LogP contribution in [0.4, 0.5) is 5.69 Å². The van der Waals surface area contributed by atoms with Crippen LogP contribution in [0.5, 0.6) is 0 Å². The van der Waals surface area contributed by atoms with Crippen LogP contribution >= 0.6 is 0 Å². The molecule has 0 bridgehead atoms. The third-order valence-electron chi connectivity index (χ3n) is 3.21. The molecule has 0 spiro atoms. The molecule has 2 N–H and O–H groups in total. The van der Waals surface area contributed by atoms with E-state index in [4.69, 9.17) is 0 Å². The van der Waals surface area contributed by atoms with Crippen molar-refractivity contribution in [3.8, 4) is 0 Å². The van der Waals surface area contributed by atoms with Crippen molar-refractivity contribution in [2.24, 2.45) is 5.41 Å². The van der Waals surface area contributed by atoms with Gasteiger partial charge in [-0.1, -0.05) is 27.7 Å². The number of carbonyl (C=O) groups is 1. The topological polar surface area (TPSA) is 41.1 Å². The molecule has 0 fully saturated rings. The van der Waals surface area contributed by atoms with Crippen LogP contribution < -0.4 is 10.6 Å². The lowest BCUT2D eigenvalue weighted by atomic mass is 9.92. The van der Waals surface area contributed by atoms with Gasteiger partial charge in [-0.25, -0.2) is 0 Å². The van der Waals surface area contributed by atoms with Crippen molar-refractivity contribution in [2.75, 3.05) is 18.4 Å². The molecule has 0 saturated heterocycles. The molecule has 0 aliphatic heterocycles. The van der Waals surface area contributed by atoms with Gasteiger partial charge in [-0.3, -0.25) is 4.79 Å². The summed E-state index contributed by atoms with van der Waals surface area (Å²) in [6, 6.07) is 5.82. The second-order valence-electron chi connectivity index (χ2n) is 6.52. The van der Waals surface area contributed by atoms with Crippen molar-refractivity contribution in [1.29, 1.82) is 0 Å². The molecule has 0 heterocycles. The second kappa shape index (κ2) is 7.32. The first kappa shape index (κ1) is 16.5. The molecule has 0 aliphatic carbocycles. The lowest BCUT2D eigenvalue weighted by Gasteiger charge is -2.18. The molecule has 1 rings (SSSR count). The number of amides is 1. The van der Waals surface area contributed by atoms with Gasteiger partial charge in [0.05, 0.1) is 0 Å². The summed E-state index contributed by atoms with van der Waals surface area (Å²) in [5.41, 5.74) is 3.20. The first-order chi connectivity index (χ1) is 9.33. The summed E-state index contributed by atoms with van der Waals surface area (Å²) < 4.78 is 0. The largest absolute Gasteiger partial charge is 0.385 e. The summed E-state index contributed by atoms with van der Waals surface area (Å²) in [7, 11) is 0. The zero-order valence-electron chi connectivity index (χ0n) is 13.5. The average molecular weight is 276 g/mol. The van der Waals surface area contributed by atoms with Gasteiger partial charge in [0.1, 0.15) is 0 Å². The van der Waals surface area contributed by atoms with Gasteiger partial charge < -0.3 is 10.6 Å². The van der Waals surface area contributed by atoms with Crippen LogP contribution in [-0.4, -0.2) is 19.0 Å². The quantitative estimate of drug-likeness (QED) is 0.825. The Balaban J connectivity index is 2.58. The van der Waals surface area contributed by atoms with Crippen LogP contribution in [0.2, 0.25) is 0 Å². The fraction of sp³-hybridized carbons (Fsp3) is 0.588. The molecule has 0 aliphatic rings. The fourth-order valence-corrected chi connectivity index (χ4v) is 1.92. The number of carbonyl (C=O) groups excluding carboxylic acids is 1. The molecule has 3 heteroatoms. The Kier molecular flexibility index (Phi) is 6.05. The van der Waals surface area contributed by atoms with Crippen molar-refractivity contribution in [3.63, 3.8) is 0 Å². The lowest BCUT2D eigenvalue weighted by molar-refractivity contribution is 0.0949. The molecular formula is C17H28N2O. The number of hydrogen-bond acceptors (Lipinski definition) is 2. The van der Waals surface area contributed by atoms with E-state index in [1.54, 1.807) is 0 Å². The summed E-state index contributed by atoms with van der Waals surface area (Å²) in [5.74, 6) is 0.0133. The minimum absolute atomic E-state index is 0.0133. The summed E-state index contributed by atoms with van der Waals surface area (Å²) >= 11 is 0. The molecule has 0 unspecified atom stereocenters. The molecule has 3 nitrogen and oxygen atoms in total. The normalized spacial score (nSPS) is 11.2. The van der Waals surface area contributed by atoms with E-state index in [2.05, 4.69) is 38.3 Å². The van der Waals surface area contributed by atoms with Crippen LogP contribution in [-0.2, 0) is 0 Å². The Morgan fingerprint density at radius 2 is 1.90 bits per heavy atom. The zero-order chi connectivity index (χ0) is 15.2. The number of hydrogen-bond donors (Lipinski definition) is 2. The smallest absolute Gasteiger partial charge is 0.251 e. The van der Waals surface area contributed by atoms with E-state index in [9.17, 15) is 4.79 Å². The summed E-state index contributed by atoms with van der Waals surface area (Å²) in [6.07, 6.45) is 2.07. The van der Waals surface area contributed by atoms with Crippen molar-refractivity contribution < 1.29 is 4.79 Å². The van der Waals surface area contributed by atoms with Gasteiger partial charge in [-0.2, -0.15) is 0 Å². The first-order valence-corrected chi connectivity index (χ1v) is 7.46. The Labute approximate surface area is 123 Å². The maximum atomic E-state index is 12.1. The third-order valence-corrected chi connectivity index (χ3v) is 3.21. The highest BCUT2D eigenvalue weighted by atomic mass is 16.1. The van der Waals surface area contributed by atoms with Crippen molar-refractivity contribution in [3.05, 3.63) is 29.3 Å². The predicted molar refractivity (Wildman–Crippen MR) is 86.4 cm³/mol. The maximum absolute atomic E-state index is 12.1. The molecule has 0 radical (unpaired) electrons. The van der Waals surface area contributed by atoms with Gasteiger partial charge in [0.15, 0.2) is 0 Å². The zero-order valence-corrected chi connectivity index (χ0v) is 13.5. The fourth-order valence-electron chi connectivity index (χ4n) is 1.92. The van der Waals surface area contributed by atoms with E-state index >= 15 is 0 Å². The molecule has 1 aromatic rings. The van der Waals surface area contributed by atoms with Gasteiger partial charge in [0, 0.05) is 24.3 Å². The maximum Gasteiger partial charge on any atom is 0.251 e. The molecule has 0 atom stereocenters. The van der Waals surface area contributed by atoms with Crippen LogP contribution in [0.25, 0.3) is 0 Å². The Morgan fingerprint density at radius 3 is 2.45 bits per heavy atom. The van der Waals surface area contributed by atoms with Crippen molar-refractivity contribution in [1.82, 2.24) is 5.32 Å². The average Bonchev–Trinajstić information content (AvgIpc) is 2.35. The van der Waals surface area contributed by atoms with Crippen LogP contribution in [0.1, 0.15) is 56.5 Å². The summed E-state index contributed by atoms with van der Waals surface area (Å²) in [5, 5.41) is 6.35. The number of aryl methyl sites for hydroxylation is 1. The van der Waals surface area contributed by atoms with Gasteiger partial charge in [0.2, 0.25) is 0 Å². The SMILES string of the molecule is CCCNc1ccc(C(=O)NCCC(C)(C)C)cc1C. The summed E-state index contributed by atoms with van der Waals surface area (Å²) in [6.45, 7) is 12.4. The Hall–Kier alpha value is -1.51. The third kappa shape index (κ3) is 5.64. The highest BCUT2D eigenvalue weighted by Crippen LogP contribution is 2.18. The van der Waals surface area contributed by atoms with E-state index in [0.717, 1.165) is 42.7 Å². The van der Waals surface area contributed by atoms with E-state index < -0.39 is 0 Å². The van der Waals surface area contributed by atoms with E-state index in [1.165, 1.54) is 0 Å². The van der Waals surface area contributed by atoms with E-state index in [-0.39, 0.29) is 11.3 Å². The van der Waals surface area contributed by atoms with E-state index in [1.807, 2.05) is 25.1 Å². The highest BCUT2D eigenvalue weighted by molar-refractivity contribution is 5.94. The molecule has 20 heavy (non-hydrogen) atoms. The first-order valence-electron chi connectivity index (χ1n) is 7.46. The molecule has 1 aromatic carbocycles. The second-order valence-corrected chi connectivity index (χ2v) is 6.52. The number of rotatable bonds is 6. The van der Waals surface area contributed by atoms with Crippen molar-refractivity contribution in [2.45, 2.75) is 47.5 Å². The standard InChI is InChI=1S/C17H28N2O/c1-6-10-18-15-8-7-14(12-13(15)2)16(20)19-11-9-17(3,4)5/h7-8,12,18H,6,9-11H2,1-5H3,(H,19,20). The predicted octanol–water partition coefficient (Wildman–Crippen LogP) is 3.98. The summed E-state index contributed by atoms with van der Waals surface area (Å²) in [4.78, 5) is 12.1.